The SMILES string of the molecule is FC(c1ccc2c(c1)CCO2)C1CCCNC1. The second-order valence-electron chi connectivity index (χ2n) is 4.97. The van der Waals surface area contributed by atoms with Crippen molar-refractivity contribution in [2.45, 2.75) is 25.4 Å². The zero-order chi connectivity index (χ0) is 11.7. The molecule has 2 aliphatic rings. The third-order valence-electron chi connectivity index (χ3n) is 3.78. The molecule has 2 aliphatic heterocycles. The van der Waals surface area contributed by atoms with Gasteiger partial charge < -0.3 is 10.1 Å². The Labute approximate surface area is 101 Å². The fourth-order valence-corrected chi connectivity index (χ4v) is 2.78. The van der Waals surface area contributed by atoms with Crippen LogP contribution in [0.1, 0.15) is 30.1 Å². The van der Waals surface area contributed by atoms with Gasteiger partial charge in [0, 0.05) is 18.9 Å². The van der Waals surface area contributed by atoms with Crippen molar-refractivity contribution < 1.29 is 9.13 Å². The third kappa shape index (κ3) is 2.16. The molecule has 0 bridgehead atoms. The van der Waals surface area contributed by atoms with Gasteiger partial charge >= 0.3 is 0 Å². The van der Waals surface area contributed by atoms with Gasteiger partial charge in [-0.3, -0.25) is 0 Å². The number of hydrogen-bond donors (Lipinski definition) is 1. The van der Waals surface area contributed by atoms with Gasteiger partial charge in [-0.25, -0.2) is 4.39 Å². The van der Waals surface area contributed by atoms with E-state index in [9.17, 15) is 4.39 Å². The minimum Gasteiger partial charge on any atom is -0.493 e. The number of rotatable bonds is 2. The smallest absolute Gasteiger partial charge is 0.129 e. The van der Waals surface area contributed by atoms with Gasteiger partial charge in [0.1, 0.15) is 11.9 Å². The minimum absolute atomic E-state index is 0.129. The molecule has 0 saturated carbocycles. The molecule has 0 spiro atoms. The normalized spacial score (nSPS) is 25.1. The summed E-state index contributed by atoms with van der Waals surface area (Å²) in [6.07, 6.45) is 2.15. The van der Waals surface area contributed by atoms with Crippen LogP contribution in [0, 0.1) is 5.92 Å². The fraction of sp³-hybridized carbons (Fsp3) is 0.571. The van der Waals surface area contributed by atoms with E-state index in [4.69, 9.17) is 4.74 Å². The van der Waals surface area contributed by atoms with Crippen LogP contribution in [0.5, 0.6) is 5.75 Å². The first-order valence-electron chi connectivity index (χ1n) is 6.45. The van der Waals surface area contributed by atoms with Gasteiger partial charge in [0.15, 0.2) is 0 Å². The topological polar surface area (TPSA) is 21.3 Å². The Hall–Kier alpha value is -1.09. The van der Waals surface area contributed by atoms with E-state index in [2.05, 4.69) is 5.32 Å². The Bertz CT molecular complexity index is 401. The lowest BCUT2D eigenvalue weighted by atomic mass is 9.90. The van der Waals surface area contributed by atoms with Crippen molar-refractivity contribution in [3.63, 3.8) is 0 Å². The second kappa shape index (κ2) is 4.65. The molecule has 0 aromatic heterocycles. The van der Waals surface area contributed by atoms with E-state index in [0.29, 0.717) is 0 Å². The van der Waals surface area contributed by atoms with Crippen LogP contribution in [-0.4, -0.2) is 19.7 Å². The van der Waals surface area contributed by atoms with Gasteiger partial charge in [-0.05, 0) is 42.6 Å². The van der Waals surface area contributed by atoms with Gasteiger partial charge in [0.2, 0.25) is 0 Å². The highest BCUT2D eigenvalue weighted by Crippen LogP contribution is 2.34. The molecule has 1 saturated heterocycles. The highest BCUT2D eigenvalue weighted by atomic mass is 19.1. The first-order chi connectivity index (χ1) is 8.34. The Morgan fingerprint density at radius 1 is 1.41 bits per heavy atom. The lowest BCUT2D eigenvalue weighted by Crippen LogP contribution is -2.32. The van der Waals surface area contributed by atoms with Crippen LogP contribution in [0.4, 0.5) is 4.39 Å². The number of halogens is 1. The highest BCUT2D eigenvalue weighted by Gasteiger charge is 2.25. The van der Waals surface area contributed by atoms with Gasteiger partial charge in [0.25, 0.3) is 0 Å². The Balaban J connectivity index is 1.78. The van der Waals surface area contributed by atoms with Crippen LogP contribution in [0.2, 0.25) is 0 Å². The Morgan fingerprint density at radius 2 is 2.35 bits per heavy atom. The molecule has 3 rings (SSSR count). The zero-order valence-electron chi connectivity index (χ0n) is 9.92. The van der Waals surface area contributed by atoms with Gasteiger partial charge in [0.05, 0.1) is 6.61 Å². The summed E-state index contributed by atoms with van der Waals surface area (Å²) in [5.41, 5.74) is 1.98. The molecule has 0 aliphatic carbocycles. The quantitative estimate of drug-likeness (QED) is 0.851. The maximum absolute atomic E-state index is 14.4. The molecule has 1 fully saturated rings. The average Bonchev–Trinajstić information content (AvgIpc) is 2.86. The summed E-state index contributed by atoms with van der Waals surface area (Å²) >= 11 is 0. The fourth-order valence-electron chi connectivity index (χ4n) is 2.78. The maximum Gasteiger partial charge on any atom is 0.129 e. The molecule has 0 amide bonds. The highest BCUT2D eigenvalue weighted by molar-refractivity contribution is 5.40. The van der Waals surface area contributed by atoms with E-state index < -0.39 is 6.17 Å². The number of hydrogen-bond acceptors (Lipinski definition) is 2. The summed E-state index contributed by atoms with van der Waals surface area (Å²) in [6, 6.07) is 5.78. The molecule has 17 heavy (non-hydrogen) atoms. The number of ether oxygens (including phenoxy) is 1. The van der Waals surface area contributed by atoms with Crippen LogP contribution in [0.15, 0.2) is 18.2 Å². The average molecular weight is 235 g/mol. The standard InChI is InChI=1S/C14H18FNO/c15-14(12-2-1-6-16-9-12)11-3-4-13-10(8-11)5-7-17-13/h3-4,8,12,14,16H,1-2,5-7,9H2. The van der Waals surface area contributed by atoms with Gasteiger partial charge in [-0.1, -0.05) is 6.07 Å². The molecule has 2 nitrogen and oxygen atoms in total. The lowest BCUT2D eigenvalue weighted by Gasteiger charge is -2.26. The molecule has 2 heterocycles. The molecule has 3 heteroatoms. The van der Waals surface area contributed by atoms with Gasteiger partial charge in [-0.2, -0.15) is 0 Å². The van der Waals surface area contributed by atoms with Crippen molar-refractivity contribution in [1.29, 1.82) is 0 Å². The Kier molecular flexibility index (Phi) is 3.02. The van der Waals surface area contributed by atoms with Crippen molar-refractivity contribution in [2.24, 2.45) is 5.92 Å². The van der Waals surface area contributed by atoms with Crippen LogP contribution in [0.25, 0.3) is 0 Å². The summed E-state index contributed by atoms with van der Waals surface area (Å²) in [6.45, 7) is 2.57. The first-order valence-corrected chi connectivity index (χ1v) is 6.45. The van der Waals surface area contributed by atoms with E-state index in [0.717, 1.165) is 55.8 Å². The number of benzene rings is 1. The predicted octanol–water partition coefficient (Wildman–Crippen LogP) is 2.63. The number of nitrogens with one attached hydrogen (secondary N) is 1. The Morgan fingerprint density at radius 3 is 3.18 bits per heavy atom. The zero-order valence-corrected chi connectivity index (χ0v) is 9.92. The second-order valence-corrected chi connectivity index (χ2v) is 4.97. The van der Waals surface area contributed by atoms with Crippen LogP contribution in [0.3, 0.4) is 0 Å². The van der Waals surface area contributed by atoms with Crippen molar-refractivity contribution in [2.75, 3.05) is 19.7 Å². The lowest BCUT2D eigenvalue weighted by molar-refractivity contribution is 0.194. The van der Waals surface area contributed by atoms with Crippen LogP contribution >= 0.6 is 0 Å². The number of piperidine rings is 1. The van der Waals surface area contributed by atoms with Crippen LogP contribution < -0.4 is 10.1 Å². The van der Waals surface area contributed by atoms with Crippen molar-refractivity contribution in [3.05, 3.63) is 29.3 Å². The number of fused-ring (bicyclic) bond motifs is 1. The summed E-state index contributed by atoms with van der Waals surface area (Å²) in [5, 5.41) is 3.27. The third-order valence-corrected chi connectivity index (χ3v) is 3.78. The molecule has 2 atom stereocenters. The van der Waals surface area contributed by atoms with E-state index >= 15 is 0 Å². The van der Waals surface area contributed by atoms with Gasteiger partial charge in [-0.15, -0.1) is 0 Å². The van der Waals surface area contributed by atoms with E-state index in [1.807, 2.05) is 18.2 Å². The van der Waals surface area contributed by atoms with Crippen molar-refractivity contribution >= 4 is 0 Å². The number of alkyl halides is 1. The molecule has 92 valence electrons. The summed E-state index contributed by atoms with van der Waals surface area (Å²) < 4.78 is 19.9. The minimum atomic E-state index is -0.839. The summed E-state index contributed by atoms with van der Waals surface area (Å²) in [7, 11) is 0. The van der Waals surface area contributed by atoms with E-state index in [1.165, 1.54) is 0 Å². The summed E-state index contributed by atoms with van der Waals surface area (Å²) in [5.74, 6) is 1.06. The first kappa shape index (κ1) is 11.0. The molecule has 1 aromatic carbocycles. The molecule has 1 N–H and O–H groups in total. The molecule has 2 unspecified atom stereocenters. The predicted molar refractivity (Wildman–Crippen MR) is 65.1 cm³/mol. The largest absolute Gasteiger partial charge is 0.493 e. The van der Waals surface area contributed by atoms with E-state index in [1.54, 1.807) is 0 Å². The summed E-state index contributed by atoms with van der Waals surface area (Å²) in [4.78, 5) is 0. The molecule has 0 radical (unpaired) electrons. The van der Waals surface area contributed by atoms with Crippen molar-refractivity contribution in [3.8, 4) is 5.75 Å². The molecular weight excluding hydrogens is 217 g/mol. The van der Waals surface area contributed by atoms with Crippen LogP contribution in [-0.2, 0) is 6.42 Å². The van der Waals surface area contributed by atoms with Crippen molar-refractivity contribution in [1.82, 2.24) is 5.32 Å². The van der Waals surface area contributed by atoms with E-state index in [-0.39, 0.29) is 5.92 Å². The molecular formula is C14H18FNO. The molecule has 1 aromatic rings. The monoisotopic (exact) mass is 235 g/mol. The maximum atomic E-state index is 14.4.